The molecule has 14 heavy (non-hydrogen) atoms. The summed E-state index contributed by atoms with van der Waals surface area (Å²) in [5.74, 6) is 1.05. The maximum absolute atomic E-state index is 10.2. The van der Waals surface area contributed by atoms with Crippen LogP contribution in [0.5, 0.6) is 0 Å². The van der Waals surface area contributed by atoms with Gasteiger partial charge in [-0.25, -0.2) is 0 Å². The van der Waals surface area contributed by atoms with Crippen LogP contribution in [0, 0.1) is 17.3 Å². The van der Waals surface area contributed by atoms with Gasteiger partial charge in [0.15, 0.2) is 0 Å². The van der Waals surface area contributed by atoms with Gasteiger partial charge in [0.25, 0.3) is 0 Å². The lowest BCUT2D eigenvalue weighted by Gasteiger charge is -2.44. The second-order valence-electron chi connectivity index (χ2n) is 5.46. The maximum Gasteiger partial charge on any atom is 0.0631 e. The van der Waals surface area contributed by atoms with E-state index in [4.69, 9.17) is 5.73 Å². The summed E-state index contributed by atoms with van der Waals surface area (Å²) < 4.78 is 0. The van der Waals surface area contributed by atoms with Gasteiger partial charge in [0.1, 0.15) is 0 Å². The number of hydrogen-bond acceptors (Lipinski definition) is 2. The van der Waals surface area contributed by atoms with Gasteiger partial charge in [-0.2, -0.15) is 0 Å². The van der Waals surface area contributed by atoms with Crippen LogP contribution in [0.15, 0.2) is 0 Å². The number of aliphatic hydroxyl groups is 1. The van der Waals surface area contributed by atoms with Gasteiger partial charge in [-0.3, -0.25) is 0 Å². The van der Waals surface area contributed by atoms with Crippen molar-refractivity contribution in [1.29, 1.82) is 0 Å². The fourth-order valence-corrected chi connectivity index (χ4v) is 2.98. The van der Waals surface area contributed by atoms with Crippen LogP contribution in [0.25, 0.3) is 0 Å². The maximum atomic E-state index is 10.2. The van der Waals surface area contributed by atoms with E-state index in [9.17, 15) is 5.11 Å². The molecule has 0 heterocycles. The fourth-order valence-electron chi connectivity index (χ4n) is 2.98. The molecule has 1 aliphatic rings. The molecule has 0 aromatic heterocycles. The molecule has 0 amide bonds. The van der Waals surface area contributed by atoms with E-state index >= 15 is 0 Å². The zero-order chi connectivity index (χ0) is 10.8. The predicted octanol–water partition coefficient (Wildman–Crippen LogP) is 2.16. The number of aliphatic hydroxyl groups excluding tert-OH is 1. The van der Waals surface area contributed by atoms with Crippen molar-refractivity contribution in [3.63, 3.8) is 0 Å². The first kappa shape index (κ1) is 12.0. The van der Waals surface area contributed by atoms with E-state index in [0.29, 0.717) is 12.5 Å². The molecule has 0 aromatic rings. The summed E-state index contributed by atoms with van der Waals surface area (Å²) in [6, 6.07) is 0. The topological polar surface area (TPSA) is 46.2 Å². The average Bonchev–Trinajstić information content (AvgIpc) is 2.16. The van der Waals surface area contributed by atoms with Crippen molar-refractivity contribution >= 4 is 0 Å². The molecule has 84 valence electrons. The van der Waals surface area contributed by atoms with Crippen LogP contribution in [0.1, 0.15) is 46.5 Å². The zero-order valence-electron chi connectivity index (χ0n) is 9.79. The molecule has 3 atom stereocenters. The highest BCUT2D eigenvalue weighted by Gasteiger charge is 2.41. The molecule has 0 spiro atoms. The number of hydrogen-bond donors (Lipinski definition) is 2. The normalized spacial score (nSPS) is 36.0. The predicted molar refractivity (Wildman–Crippen MR) is 60.0 cm³/mol. The molecule has 1 rings (SSSR count). The van der Waals surface area contributed by atoms with E-state index in [1.54, 1.807) is 0 Å². The van der Waals surface area contributed by atoms with Gasteiger partial charge in [0, 0.05) is 12.0 Å². The van der Waals surface area contributed by atoms with Crippen molar-refractivity contribution in [2.75, 3.05) is 6.54 Å². The van der Waals surface area contributed by atoms with Gasteiger partial charge in [-0.1, -0.05) is 33.6 Å². The van der Waals surface area contributed by atoms with Gasteiger partial charge in [-0.05, 0) is 24.7 Å². The van der Waals surface area contributed by atoms with Gasteiger partial charge < -0.3 is 10.8 Å². The Morgan fingerprint density at radius 1 is 1.50 bits per heavy atom. The molecule has 3 N–H and O–H groups in total. The summed E-state index contributed by atoms with van der Waals surface area (Å²) in [5, 5.41) is 10.2. The van der Waals surface area contributed by atoms with Crippen LogP contribution in [0.2, 0.25) is 0 Å². The van der Waals surface area contributed by atoms with Crippen LogP contribution < -0.4 is 5.73 Å². The van der Waals surface area contributed by atoms with E-state index in [1.807, 2.05) is 0 Å². The molecular formula is C12H25NO. The molecule has 2 heteroatoms. The summed E-state index contributed by atoms with van der Waals surface area (Å²) in [7, 11) is 0. The first-order valence-corrected chi connectivity index (χ1v) is 5.90. The third-order valence-corrected chi connectivity index (χ3v) is 3.79. The highest BCUT2D eigenvalue weighted by Crippen LogP contribution is 2.43. The monoisotopic (exact) mass is 199 g/mol. The van der Waals surface area contributed by atoms with Crippen molar-refractivity contribution in [3.8, 4) is 0 Å². The smallest absolute Gasteiger partial charge is 0.0631 e. The molecule has 0 radical (unpaired) electrons. The Balaban J connectivity index is 2.73. The van der Waals surface area contributed by atoms with Crippen molar-refractivity contribution in [2.24, 2.45) is 23.0 Å². The molecule has 1 aliphatic carbocycles. The van der Waals surface area contributed by atoms with Crippen LogP contribution in [-0.4, -0.2) is 17.8 Å². The van der Waals surface area contributed by atoms with Gasteiger partial charge >= 0.3 is 0 Å². The average molecular weight is 199 g/mol. The second kappa shape index (κ2) is 4.63. The molecule has 0 saturated heterocycles. The minimum atomic E-state index is -0.227. The van der Waals surface area contributed by atoms with Crippen LogP contribution in [0.3, 0.4) is 0 Å². The zero-order valence-corrected chi connectivity index (χ0v) is 9.79. The summed E-state index contributed by atoms with van der Waals surface area (Å²) in [6.07, 6.45) is 4.50. The van der Waals surface area contributed by atoms with Gasteiger partial charge in [0.2, 0.25) is 0 Å². The Morgan fingerprint density at radius 3 is 2.57 bits per heavy atom. The van der Waals surface area contributed by atoms with Crippen LogP contribution >= 0.6 is 0 Å². The lowest BCUT2D eigenvalue weighted by atomic mass is 9.64. The molecule has 2 nitrogen and oxygen atoms in total. The Hall–Kier alpha value is -0.0800. The van der Waals surface area contributed by atoms with Crippen LogP contribution in [0.4, 0.5) is 0 Å². The molecule has 0 aromatic carbocycles. The van der Waals surface area contributed by atoms with Gasteiger partial charge in [-0.15, -0.1) is 0 Å². The van der Waals surface area contributed by atoms with E-state index in [1.165, 1.54) is 12.8 Å². The summed E-state index contributed by atoms with van der Waals surface area (Å²) in [4.78, 5) is 0. The third-order valence-electron chi connectivity index (χ3n) is 3.79. The van der Waals surface area contributed by atoms with Crippen LogP contribution in [-0.2, 0) is 0 Å². The molecule has 1 saturated carbocycles. The Labute approximate surface area is 87.9 Å². The summed E-state index contributed by atoms with van der Waals surface area (Å²) >= 11 is 0. The number of nitrogens with two attached hydrogens (primary N) is 1. The van der Waals surface area contributed by atoms with E-state index in [-0.39, 0.29) is 11.5 Å². The van der Waals surface area contributed by atoms with Crippen molar-refractivity contribution in [1.82, 2.24) is 0 Å². The first-order valence-electron chi connectivity index (χ1n) is 5.90. The van der Waals surface area contributed by atoms with Crippen molar-refractivity contribution < 1.29 is 5.11 Å². The molecule has 0 aliphatic heterocycles. The SMILES string of the molecule is CC1CCCC(CN)(C(O)C(C)C)C1. The lowest BCUT2D eigenvalue weighted by molar-refractivity contribution is -0.0384. The molecule has 3 unspecified atom stereocenters. The largest absolute Gasteiger partial charge is 0.392 e. The van der Waals surface area contributed by atoms with E-state index < -0.39 is 0 Å². The van der Waals surface area contributed by atoms with E-state index in [0.717, 1.165) is 18.8 Å². The van der Waals surface area contributed by atoms with Gasteiger partial charge in [0.05, 0.1) is 6.10 Å². The Bertz CT molecular complexity index is 181. The minimum Gasteiger partial charge on any atom is -0.392 e. The summed E-state index contributed by atoms with van der Waals surface area (Å²) in [5.41, 5.74) is 5.88. The fraction of sp³-hybridized carbons (Fsp3) is 1.00. The molecule has 1 fully saturated rings. The van der Waals surface area contributed by atoms with E-state index in [2.05, 4.69) is 20.8 Å². The summed E-state index contributed by atoms with van der Waals surface area (Å²) in [6.45, 7) is 7.08. The first-order chi connectivity index (χ1) is 6.52. The Kier molecular flexibility index (Phi) is 3.96. The second-order valence-corrected chi connectivity index (χ2v) is 5.46. The quantitative estimate of drug-likeness (QED) is 0.731. The van der Waals surface area contributed by atoms with Crippen molar-refractivity contribution in [2.45, 2.75) is 52.6 Å². The van der Waals surface area contributed by atoms with Crippen molar-refractivity contribution in [3.05, 3.63) is 0 Å². The standard InChI is InChI=1S/C12H25NO/c1-9(2)11(14)12(8-13)6-4-5-10(3)7-12/h9-11,14H,4-8,13H2,1-3H3. The minimum absolute atomic E-state index is 0.00579. The highest BCUT2D eigenvalue weighted by molar-refractivity contribution is 4.92. The lowest BCUT2D eigenvalue weighted by Crippen LogP contribution is -2.47. The number of rotatable bonds is 3. The molecule has 0 bridgehead atoms. The molecular weight excluding hydrogens is 174 g/mol. The Morgan fingerprint density at radius 2 is 2.14 bits per heavy atom. The highest BCUT2D eigenvalue weighted by atomic mass is 16.3. The third kappa shape index (κ3) is 2.29.